The molecule has 0 N–H and O–H groups in total. The molecule has 0 radical (unpaired) electrons. The van der Waals surface area contributed by atoms with Gasteiger partial charge in [0.05, 0.1) is 24.6 Å². The second-order valence-corrected chi connectivity index (χ2v) is 11.4. The molecule has 0 heterocycles. The van der Waals surface area contributed by atoms with Crippen molar-refractivity contribution in [2.45, 2.75) is 65.7 Å². The van der Waals surface area contributed by atoms with Crippen molar-refractivity contribution in [1.82, 2.24) is 0 Å². The van der Waals surface area contributed by atoms with Crippen molar-refractivity contribution in [2.24, 2.45) is 0 Å². The standard InChI is InChI=1S/C22H38P/c1-5-8-14-19-23(17-9-6-2,18-10-7-3)20-21(4)22-15-12-11-13-16-22/h11-13,15-16H,4-10,14,17-20H2,1-3H3/q+1. The molecule has 0 amide bonds. The third-order valence-electron chi connectivity index (χ3n) is 4.92. The molecule has 0 fully saturated rings. The van der Waals surface area contributed by atoms with Gasteiger partial charge in [-0.2, -0.15) is 0 Å². The smallest absolute Gasteiger partial charge is 0.0842 e. The molecule has 0 spiro atoms. The van der Waals surface area contributed by atoms with Gasteiger partial charge in [-0.1, -0.05) is 83.4 Å². The van der Waals surface area contributed by atoms with Crippen LogP contribution in [0.5, 0.6) is 0 Å². The molecule has 0 nitrogen and oxygen atoms in total. The first-order valence-electron chi connectivity index (χ1n) is 9.75. The van der Waals surface area contributed by atoms with E-state index in [-0.39, 0.29) is 0 Å². The second kappa shape index (κ2) is 11.9. The minimum atomic E-state index is -0.880. The van der Waals surface area contributed by atoms with E-state index in [1.54, 1.807) is 0 Å². The van der Waals surface area contributed by atoms with Crippen LogP contribution >= 0.6 is 7.26 Å². The van der Waals surface area contributed by atoms with Gasteiger partial charge in [0.2, 0.25) is 0 Å². The zero-order chi connectivity index (χ0) is 17.0. The average molecular weight is 334 g/mol. The molecular weight excluding hydrogens is 295 g/mol. The van der Waals surface area contributed by atoms with Crippen LogP contribution in [0.1, 0.15) is 71.3 Å². The summed E-state index contributed by atoms with van der Waals surface area (Å²) in [4.78, 5) is 0. The van der Waals surface area contributed by atoms with E-state index in [0.717, 1.165) is 0 Å². The highest BCUT2D eigenvalue weighted by molar-refractivity contribution is 7.76. The third kappa shape index (κ3) is 7.67. The maximum absolute atomic E-state index is 4.48. The first kappa shape index (κ1) is 20.4. The highest BCUT2D eigenvalue weighted by atomic mass is 31.2. The van der Waals surface area contributed by atoms with Crippen LogP contribution in [0.4, 0.5) is 0 Å². The molecule has 0 aliphatic heterocycles. The summed E-state index contributed by atoms with van der Waals surface area (Å²) in [5.74, 6) is 0. The summed E-state index contributed by atoms with van der Waals surface area (Å²) in [5.41, 5.74) is 2.75. The Morgan fingerprint density at radius 1 is 0.783 bits per heavy atom. The Morgan fingerprint density at radius 2 is 1.30 bits per heavy atom. The van der Waals surface area contributed by atoms with Crippen molar-refractivity contribution >= 4 is 12.8 Å². The van der Waals surface area contributed by atoms with Crippen LogP contribution in [0.25, 0.3) is 5.57 Å². The maximum Gasteiger partial charge on any atom is 0.0842 e. The Balaban J connectivity index is 2.86. The molecule has 1 heteroatoms. The van der Waals surface area contributed by atoms with E-state index in [9.17, 15) is 0 Å². The average Bonchev–Trinajstić information content (AvgIpc) is 2.59. The normalized spacial score (nSPS) is 11.6. The fraction of sp³-hybridized carbons (Fsp3) is 0.636. The topological polar surface area (TPSA) is 0 Å². The third-order valence-corrected chi connectivity index (χ3v) is 9.76. The molecule has 23 heavy (non-hydrogen) atoms. The molecule has 0 aromatic heterocycles. The largest absolute Gasteiger partial charge is 0.0916 e. The Hall–Kier alpha value is -0.610. The maximum atomic E-state index is 4.48. The number of hydrogen-bond donors (Lipinski definition) is 0. The summed E-state index contributed by atoms with van der Waals surface area (Å²) in [6, 6.07) is 10.9. The van der Waals surface area contributed by atoms with E-state index in [1.165, 1.54) is 80.7 Å². The lowest BCUT2D eigenvalue weighted by atomic mass is 10.1. The summed E-state index contributed by atoms with van der Waals surface area (Å²) >= 11 is 0. The molecule has 0 saturated heterocycles. The van der Waals surface area contributed by atoms with Gasteiger partial charge in [-0.15, -0.1) is 0 Å². The van der Waals surface area contributed by atoms with Crippen molar-refractivity contribution in [2.75, 3.05) is 24.6 Å². The van der Waals surface area contributed by atoms with Gasteiger partial charge in [0.15, 0.2) is 0 Å². The quantitative estimate of drug-likeness (QED) is 0.259. The summed E-state index contributed by atoms with van der Waals surface area (Å²) in [5, 5.41) is 0. The van der Waals surface area contributed by atoms with Crippen LogP contribution in [0.15, 0.2) is 36.9 Å². The molecule has 1 rings (SSSR count). The SMILES string of the molecule is C=C(C[P+](CCCC)(CCCC)CCCCC)c1ccccc1. The van der Waals surface area contributed by atoms with Crippen molar-refractivity contribution in [1.29, 1.82) is 0 Å². The van der Waals surface area contributed by atoms with Crippen LogP contribution in [-0.2, 0) is 0 Å². The van der Waals surface area contributed by atoms with Gasteiger partial charge in [-0.25, -0.2) is 0 Å². The van der Waals surface area contributed by atoms with E-state index in [2.05, 4.69) is 57.7 Å². The lowest BCUT2D eigenvalue weighted by molar-refractivity contribution is 0.766. The van der Waals surface area contributed by atoms with E-state index in [0.29, 0.717) is 0 Å². The summed E-state index contributed by atoms with van der Waals surface area (Å²) < 4.78 is 0. The second-order valence-electron chi connectivity index (χ2n) is 7.05. The number of hydrogen-bond acceptors (Lipinski definition) is 0. The highest BCUT2D eigenvalue weighted by Crippen LogP contribution is 2.62. The molecule has 1 aromatic carbocycles. The predicted molar refractivity (Wildman–Crippen MR) is 111 cm³/mol. The van der Waals surface area contributed by atoms with Crippen molar-refractivity contribution in [3.05, 3.63) is 42.5 Å². The van der Waals surface area contributed by atoms with Gasteiger partial charge in [0.1, 0.15) is 0 Å². The molecule has 0 bridgehead atoms. The van der Waals surface area contributed by atoms with E-state index in [4.69, 9.17) is 0 Å². The van der Waals surface area contributed by atoms with Crippen molar-refractivity contribution in [3.63, 3.8) is 0 Å². The lowest BCUT2D eigenvalue weighted by Crippen LogP contribution is -2.13. The minimum absolute atomic E-state index is 0.880. The molecule has 0 aliphatic carbocycles. The molecule has 0 saturated carbocycles. The highest BCUT2D eigenvalue weighted by Gasteiger charge is 2.36. The van der Waals surface area contributed by atoms with Gasteiger partial charge in [0, 0.05) is 7.26 Å². The number of benzene rings is 1. The van der Waals surface area contributed by atoms with Gasteiger partial charge >= 0.3 is 0 Å². The first-order valence-corrected chi connectivity index (χ1v) is 12.3. The Bertz CT molecular complexity index is 413. The lowest BCUT2D eigenvalue weighted by Gasteiger charge is -2.29. The summed E-state index contributed by atoms with van der Waals surface area (Å²) in [7, 11) is -0.880. The van der Waals surface area contributed by atoms with Crippen LogP contribution in [0.3, 0.4) is 0 Å². The van der Waals surface area contributed by atoms with Gasteiger partial charge in [-0.3, -0.25) is 0 Å². The summed E-state index contributed by atoms with van der Waals surface area (Å²) in [6.45, 7) is 11.5. The molecule has 0 atom stereocenters. The minimum Gasteiger partial charge on any atom is -0.0916 e. The van der Waals surface area contributed by atoms with Crippen molar-refractivity contribution < 1.29 is 0 Å². The van der Waals surface area contributed by atoms with E-state index in [1.807, 2.05) is 0 Å². The Morgan fingerprint density at radius 3 is 1.83 bits per heavy atom. The zero-order valence-corrected chi connectivity index (χ0v) is 16.7. The zero-order valence-electron chi connectivity index (χ0n) is 15.8. The van der Waals surface area contributed by atoms with Gasteiger partial charge in [0.25, 0.3) is 0 Å². The van der Waals surface area contributed by atoms with Gasteiger partial charge in [-0.05, 0) is 30.4 Å². The number of rotatable bonds is 13. The molecule has 0 aliphatic rings. The fourth-order valence-electron chi connectivity index (χ4n) is 3.43. The molecule has 0 unspecified atom stereocenters. The molecular formula is C22H38P+. The molecule has 130 valence electrons. The number of unbranched alkanes of at least 4 members (excludes halogenated alkanes) is 4. The number of allylic oxidation sites excluding steroid dienone is 1. The Labute approximate surface area is 146 Å². The summed E-state index contributed by atoms with van der Waals surface area (Å²) in [6.07, 6.45) is 15.4. The van der Waals surface area contributed by atoms with Crippen LogP contribution in [0.2, 0.25) is 0 Å². The predicted octanol–water partition coefficient (Wildman–Crippen LogP) is 7.51. The first-order chi connectivity index (χ1) is 11.2. The van der Waals surface area contributed by atoms with Gasteiger partial charge < -0.3 is 0 Å². The van der Waals surface area contributed by atoms with Crippen LogP contribution in [0, 0.1) is 0 Å². The van der Waals surface area contributed by atoms with Crippen LogP contribution < -0.4 is 0 Å². The van der Waals surface area contributed by atoms with Crippen LogP contribution in [-0.4, -0.2) is 24.6 Å². The van der Waals surface area contributed by atoms with Crippen molar-refractivity contribution in [3.8, 4) is 0 Å². The monoisotopic (exact) mass is 333 g/mol. The molecule has 1 aromatic rings. The van der Waals surface area contributed by atoms with E-state index < -0.39 is 7.26 Å². The van der Waals surface area contributed by atoms with E-state index >= 15 is 0 Å². The Kier molecular flexibility index (Phi) is 10.5. The fourth-order valence-corrected chi connectivity index (χ4v) is 8.43.